The van der Waals surface area contributed by atoms with Gasteiger partial charge in [0.25, 0.3) is 6.43 Å². The number of nitrogens with one attached hydrogen (secondary N) is 1. The number of hydrogen-bond acceptors (Lipinski definition) is 6. The standard InChI is InChI=1S/C27H35F2N5O2S/c1-27(2,3)36-26(35)31-18-14-12-17(13-15-18)8-7-9-19-16-22(33-25(30-19)37-4)34-21-11-6-5-10-20(21)32-24(34)23(28)29/h5-6,10-11,16-18,23H,7-9,12-15H2,1-4H3,(H,31,35). The summed E-state index contributed by atoms with van der Waals surface area (Å²) >= 11 is 1.40. The lowest BCUT2D eigenvalue weighted by Crippen LogP contribution is -2.40. The number of alkyl carbamates (subject to hydrolysis) is 1. The van der Waals surface area contributed by atoms with Crippen molar-refractivity contribution in [1.29, 1.82) is 0 Å². The molecule has 1 aromatic carbocycles. The highest BCUT2D eigenvalue weighted by Gasteiger charge is 2.25. The summed E-state index contributed by atoms with van der Waals surface area (Å²) in [6, 6.07) is 9.07. The molecule has 2 aromatic heterocycles. The average molecular weight is 532 g/mol. The Hall–Kier alpha value is -2.75. The molecule has 1 aliphatic carbocycles. The number of fused-ring (bicyclic) bond motifs is 1. The van der Waals surface area contributed by atoms with Crippen LogP contribution in [0.3, 0.4) is 0 Å². The SMILES string of the molecule is CSc1nc(CCCC2CCC(NC(=O)OC(C)(C)C)CC2)cc(-n2c(C(F)F)nc3ccccc32)n1. The molecular formula is C27H35F2N5O2S. The fourth-order valence-corrected chi connectivity index (χ4v) is 5.26. The van der Waals surface area contributed by atoms with Crippen molar-refractivity contribution in [2.45, 2.75) is 88.9 Å². The largest absolute Gasteiger partial charge is 0.444 e. The van der Waals surface area contributed by atoms with Gasteiger partial charge in [0.05, 0.1) is 11.0 Å². The molecule has 0 bridgehead atoms. The van der Waals surface area contributed by atoms with Crippen molar-refractivity contribution in [3.05, 3.63) is 41.9 Å². The van der Waals surface area contributed by atoms with E-state index in [1.54, 1.807) is 24.3 Å². The second kappa shape index (κ2) is 11.8. The van der Waals surface area contributed by atoms with Crippen molar-refractivity contribution < 1.29 is 18.3 Å². The molecule has 7 nitrogen and oxygen atoms in total. The number of nitrogens with zero attached hydrogens (tertiary/aromatic N) is 4. The number of thioether (sulfide) groups is 1. The molecule has 3 aromatic rings. The Labute approximate surface area is 220 Å². The molecule has 1 aliphatic rings. The van der Waals surface area contributed by atoms with Gasteiger partial charge in [-0.25, -0.2) is 28.5 Å². The number of rotatable bonds is 8. The zero-order valence-corrected chi connectivity index (χ0v) is 22.7. The van der Waals surface area contributed by atoms with Crippen molar-refractivity contribution in [2.75, 3.05) is 6.26 Å². The molecule has 200 valence electrons. The van der Waals surface area contributed by atoms with E-state index in [1.807, 2.05) is 33.1 Å². The van der Waals surface area contributed by atoms with Crippen LogP contribution < -0.4 is 5.32 Å². The van der Waals surface area contributed by atoms with E-state index in [9.17, 15) is 13.6 Å². The molecule has 1 N–H and O–H groups in total. The Kier molecular flexibility index (Phi) is 8.67. The van der Waals surface area contributed by atoms with E-state index in [-0.39, 0.29) is 18.0 Å². The van der Waals surface area contributed by atoms with Crippen LogP contribution in [0.25, 0.3) is 16.9 Å². The number of aromatic nitrogens is 4. The van der Waals surface area contributed by atoms with Crippen molar-refractivity contribution >= 4 is 28.9 Å². The maximum atomic E-state index is 13.9. The molecule has 10 heteroatoms. The second-order valence-electron chi connectivity index (χ2n) is 10.6. The zero-order valence-electron chi connectivity index (χ0n) is 21.8. The molecule has 2 heterocycles. The van der Waals surface area contributed by atoms with Crippen molar-refractivity contribution in [2.24, 2.45) is 5.92 Å². The number of para-hydroxylation sites is 2. The Morgan fingerprint density at radius 2 is 1.89 bits per heavy atom. The van der Waals surface area contributed by atoms with Gasteiger partial charge in [0.1, 0.15) is 11.4 Å². The highest BCUT2D eigenvalue weighted by Crippen LogP contribution is 2.30. The van der Waals surface area contributed by atoms with E-state index in [0.29, 0.717) is 27.9 Å². The molecule has 0 aliphatic heterocycles. The first kappa shape index (κ1) is 27.3. The van der Waals surface area contributed by atoms with Gasteiger partial charge in [0.2, 0.25) is 0 Å². The van der Waals surface area contributed by atoms with Gasteiger partial charge < -0.3 is 10.1 Å². The number of imidazole rings is 1. The summed E-state index contributed by atoms with van der Waals surface area (Å²) < 4.78 is 34.5. The lowest BCUT2D eigenvalue weighted by molar-refractivity contribution is 0.0486. The monoisotopic (exact) mass is 531 g/mol. The molecule has 1 amide bonds. The van der Waals surface area contributed by atoms with Crippen LogP contribution in [-0.2, 0) is 11.2 Å². The predicted molar refractivity (Wildman–Crippen MR) is 141 cm³/mol. The van der Waals surface area contributed by atoms with Crippen LogP contribution in [0.15, 0.2) is 35.5 Å². The van der Waals surface area contributed by atoms with Crippen LogP contribution in [0, 0.1) is 5.92 Å². The maximum absolute atomic E-state index is 13.9. The Morgan fingerprint density at radius 3 is 2.57 bits per heavy atom. The molecule has 1 fully saturated rings. The molecule has 0 atom stereocenters. The molecule has 0 saturated heterocycles. The van der Waals surface area contributed by atoms with Gasteiger partial charge in [-0.2, -0.15) is 0 Å². The quantitative estimate of drug-likeness (QED) is 0.252. The fraction of sp³-hybridized carbons (Fsp3) is 0.556. The van der Waals surface area contributed by atoms with Crippen LogP contribution in [0.1, 0.15) is 77.2 Å². The van der Waals surface area contributed by atoms with E-state index in [2.05, 4.69) is 20.3 Å². The Morgan fingerprint density at radius 1 is 1.16 bits per heavy atom. The third-order valence-corrected chi connectivity index (χ3v) is 7.10. The molecule has 1 saturated carbocycles. The molecule has 4 rings (SSSR count). The van der Waals surface area contributed by atoms with Gasteiger partial charge in [-0.05, 0) is 83.6 Å². The number of hydrogen-bond donors (Lipinski definition) is 1. The van der Waals surface area contributed by atoms with Gasteiger partial charge in [0.15, 0.2) is 11.0 Å². The van der Waals surface area contributed by atoms with Crippen LogP contribution in [-0.4, -0.2) is 43.5 Å². The van der Waals surface area contributed by atoms with Crippen LogP contribution in [0.5, 0.6) is 0 Å². The number of benzene rings is 1. The van der Waals surface area contributed by atoms with Gasteiger partial charge in [-0.15, -0.1) is 0 Å². The first-order valence-electron chi connectivity index (χ1n) is 12.8. The summed E-state index contributed by atoms with van der Waals surface area (Å²) in [5, 5.41) is 3.55. The summed E-state index contributed by atoms with van der Waals surface area (Å²) in [5.74, 6) is 0.711. The van der Waals surface area contributed by atoms with E-state index < -0.39 is 12.0 Å². The molecule has 37 heavy (non-hydrogen) atoms. The Balaban J connectivity index is 1.38. The highest BCUT2D eigenvalue weighted by atomic mass is 32.2. The smallest absolute Gasteiger partial charge is 0.407 e. The minimum atomic E-state index is -2.72. The lowest BCUT2D eigenvalue weighted by Gasteiger charge is -2.30. The number of carbonyl (C=O) groups is 1. The third kappa shape index (κ3) is 7.18. The first-order valence-corrected chi connectivity index (χ1v) is 14.0. The highest BCUT2D eigenvalue weighted by molar-refractivity contribution is 7.98. The third-order valence-electron chi connectivity index (χ3n) is 6.55. The number of carbonyl (C=O) groups excluding carboxylic acids is 1. The minimum Gasteiger partial charge on any atom is -0.444 e. The van der Waals surface area contributed by atoms with E-state index in [0.717, 1.165) is 50.6 Å². The van der Waals surface area contributed by atoms with Crippen LogP contribution in [0.2, 0.25) is 0 Å². The van der Waals surface area contributed by atoms with Gasteiger partial charge in [-0.1, -0.05) is 30.3 Å². The second-order valence-corrected chi connectivity index (χ2v) is 11.3. The number of amides is 1. The summed E-state index contributed by atoms with van der Waals surface area (Å²) in [7, 11) is 0. The summed E-state index contributed by atoms with van der Waals surface area (Å²) in [4.78, 5) is 25.4. The number of aryl methyl sites for hydroxylation is 1. The van der Waals surface area contributed by atoms with Crippen molar-refractivity contribution in [3.8, 4) is 5.82 Å². The molecule has 0 radical (unpaired) electrons. The first-order chi connectivity index (χ1) is 17.6. The topological polar surface area (TPSA) is 81.9 Å². The molecule has 0 unspecified atom stereocenters. The molecule has 0 spiro atoms. The van der Waals surface area contributed by atoms with E-state index in [1.165, 1.54) is 16.3 Å². The number of alkyl halides is 2. The normalized spacial score (nSPS) is 18.4. The summed E-state index contributed by atoms with van der Waals surface area (Å²) in [6.07, 6.45) is 5.58. The van der Waals surface area contributed by atoms with E-state index >= 15 is 0 Å². The number of ether oxygens (including phenoxy) is 1. The minimum absolute atomic E-state index is 0.161. The Bertz CT molecular complexity index is 1220. The predicted octanol–water partition coefficient (Wildman–Crippen LogP) is 6.88. The maximum Gasteiger partial charge on any atom is 0.407 e. The zero-order chi connectivity index (χ0) is 26.6. The van der Waals surface area contributed by atoms with Crippen LogP contribution >= 0.6 is 11.8 Å². The molecular weight excluding hydrogens is 496 g/mol. The summed E-state index contributed by atoms with van der Waals surface area (Å²) in [5.41, 5.74) is 1.46. The fourth-order valence-electron chi connectivity index (χ4n) is 4.87. The average Bonchev–Trinajstić information content (AvgIpc) is 3.24. The summed E-state index contributed by atoms with van der Waals surface area (Å²) in [6.45, 7) is 5.59. The lowest BCUT2D eigenvalue weighted by atomic mass is 9.83. The van der Waals surface area contributed by atoms with Gasteiger partial charge in [0, 0.05) is 17.8 Å². The van der Waals surface area contributed by atoms with Gasteiger partial charge >= 0.3 is 6.09 Å². The van der Waals surface area contributed by atoms with Crippen molar-refractivity contribution in [3.63, 3.8) is 0 Å². The number of halogens is 2. The van der Waals surface area contributed by atoms with E-state index in [4.69, 9.17) is 4.74 Å². The van der Waals surface area contributed by atoms with Crippen LogP contribution in [0.4, 0.5) is 13.6 Å². The van der Waals surface area contributed by atoms with Gasteiger partial charge in [-0.3, -0.25) is 4.57 Å². The van der Waals surface area contributed by atoms with Crippen molar-refractivity contribution in [1.82, 2.24) is 24.8 Å².